The Kier molecular flexibility index (Phi) is 2.51. The van der Waals surface area contributed by atoms with Gasteiger partial charge in [-0.15, -0.1) is 0 Å². The standard InChI is InChI=1S/C9H10N2O3/c1-5-3-7(10)4-8(6(2)12)9(5)11(13)14/h3-4H,10H2,1-2H3. The first kappa shape index (κ1) is 10.2. The molecule has 0 saturated heterocycles. The second-order valence-electron chi connectivity index (χ2n) is 3.05. The minimum Gasteiger partial charge on any atom is -0.399 e. The van der Waals surface area contributed by atoms with E-state index < -0.39 is 4.92 Å². The third-order valence-electron chi connectivity index (χ3n) is 1.88. The quantitative estimate of drug-likeness (QED) is 0.336. The van der Waals surface area contributed by atoms with Crippen molar-refractivity contribution in [1.29, 1.82) is 0 Å². The van der Waals surface area contributed by atoms with Crippen LogP contribution in [-0.2, 0) is 0 Å². The number of hydrogen-bond acceptors (Lipinski definition) is 4. The van der Waals surface area contributed by atoms with Crippen molar-refractivity contribution in [3.63, 3.8) is 0 Å². The number of ketones is 1. The molecule has 1 rings (SSSR count). The smallest absolute Gasteiger partial charge is 0.283 e. The summed E-state index contributed by atoms with van der Waals surface area (Å²) >= 11 is 0. The van der Waals surface area contributed by atoms with Crippen molar-refractivity contribution in [2.24, 2.45) is 0 Å². The highest BCUT2D eigenvalue weighted by Gasteiger charge is 2.20. The van der Waals surface area contributed by atoms with E-state index in [1.807, 2.05) is 0 Å². The summed E-state index contributed by atoms with van der Waals surface area (Å²) in [6.07, 6.45) is 0. The van der Waals surface area contributed by atoms with Gasteiger partial charge in [0.05, 0.1) is 10.5 Å². The van der Waals surface area contributed by atoms with Crippen LogP contribution < -0.4 is 5.73 Å². The highest BCUT2D eigenvalue weighted by molar-refractivity contribution is 5.99. The van der Waals surface area contributed by atoms with Crippen molar-refractivity contribution in [2.45, 2.75) is 13.8 Å². The maximum Gasteiger partial charge on any atom is 0.283 e. The highest BCUT2D eigenvalue weighted by Crippen LogP contribution is 2.26. The predicted molar refractivity (Wildman–Crippen MR) is 52.3 cm³/mol. The van der Waals surface area contributed by atoms with Crippen LogP contribution in [0, 0.1) is 17.0 Å². The number of carbonyl (C=O) groups excluding carboxylic acids is 1. The number of nitro benzene ring substituents is 1. The zero-order chi connectivity index (χ0) is 10.9. The number of nitrogens with two attached hydrogens (primary N) is 1. The molecule has 0 bridgehead atoms. The van der Waals surface area contributed by atoms with E-state index >= 15 is 0 Å². The van der Waals surface area contributed by atoms with Crippen molar-refractivity contribution in [3.8, 4) is 0 Å². The summed E-state index contributed by atoms with van der Waals surface area (Å²) < 4.78 is 0. The summed E-state index contributed by atoms with van der Waals surface area (Å²) in [7, 11) is 0. The average molecular weight is 194 g/mol. The SMILES string of the molecule is CC(=O)c1cc(N)cc(C)c1[N+](=O)[O-]. The lowest BCUT2D eigenvalue weighted by Crippen LogP contribution is -2.03. The molecular weight excluding hydrogens is 184 g/mol. The zero-order valence-corrected chi connectivity index (χ0v) is 7.90. The van der Waals surface area contributed by atoms with Crippen molar-refractivity contribution in [1.82, 2.24) is 0 Å². The second-order valence-corrected chi connectivity index (χ2v) is 3.05. The Morgan fingerprint density at radius 2 is 2.07 bits per heavy atom. The van der Waals surface area contributed by atoms with E-state index in [0.29, 0.717) is 11.3 Å². The summed E-state index contributed by atoms with van der Waals surface area (Å²) in [5, 5.41) is 10.7. The van der Waals surface area contributed by atoms with Crippen molar-refractivity contribution in [3.05, 3.63) is 33.4 Å². The molecule has 0 atom stereocenters. The van der Waals surface area contributed by atoms with E-state index in [1.165, 1.54) is 19.1 Å². The molecule has 0 amide bonds. The molecule has 5 heteroatoms. The number of nitrogens with zero attached hydrogens (tertiary/aromatic N) is 1. The first-order valence-electron chi connectivity index (χ1n) is 3.99. The van der Waals surface area contributed by atoms with Gasteiger partial charge in [-0.2, -0.15) is 0 Å². The minimum atomic E-state index is -0.564. The van der Waals surface area contributed by atoms with Crippen molar-refractivity contribution >= 4 is 17.2 Å². The number of nitrogen functional groups attached to an aromatic ring is 1. The molecule has 0 aliphatic heterocycles. The largest absolute Gasteiger partial charge is 0.399 e. The molecule has 0 aliphatic carbocycles. The highest BCUT2D eigenvalue weighted by atomic mass is 16.6. The molecule has 0 fully saturated rings. The van der Waals surface area contributed by atoms with Gasteiger partial charge in [0.1, 0.15) is 0 Å². The topological polar surface area (TPSA) is 86.2 Å². The molecule has 74 valence electrons. The van der Waals surface area contributed by atoms with Gasteiger partial charge in [-0.1, -0.05) is 0 Å². The number of anilines is 1. The fourth-order valence-electron chi connectivity index (χ4n) is 1.32. The van der Waals surface area contributed by atoms with Gasteiger partial charge in [0, 0.05) is 11.3 Å². The van der Waals surface area contributed by atoms with Crippen LogP contribution in [0.4, 0.5) is 11.4 Å². The van der Waals surface area contributed by atoms with E-state index in [9.17, 15) is 14.9 Å². The lowest BCUT2D eigenvalue weighted by Gasteiger charge is -2.03. The Bertz CT molecular complexity index is 413. The lowest BCUT2D eigenvalue weighted by molar-refractivity contribution is -0.385. The molecule has 0 aromatic heterocycles. The number of aryl methyl sites for hydroxylation is 1. The van der Waals surface area contributed by atoms with E-state index in [4.69, 9.17) is 5.73 Å². The van der Waals surface area contributed by atoms with Crippen molar-refractivity contribution < 1.29 is 9.72 Å². The number of Topliss-reactive ketones (excluding diaryl/α,β-unsaturated/α-hetero) is 1. The Labute approximate surface area is 80.7 Å². The number of rotatable bonds is 2. The van der Waals surface area contributed by atoms with Gasteiger partial charge < -0.3 is 5.73 Å². The van der Waals surface area contributed by atoms with Crippen molar-refractivity contribution in [2.75, 3.05) is 5.73 Å². The molecule has 0 saturated carbocycles. The minimum absolute atomic E-state index is 0.0625. The Morgan fingerprint density at radius 3 is 2.50 bits per heavy atom. The molecule has 2 N–H and O–H groups in total. The molecule has 0 unspecified atom stereocenters. The van der Waals surface area contributed by atoms with E-state index in [2.05, 4.69) is 0 Å². The summed E-state index contributed by atoms with van der Waals surface area (Å²) in [5.74, 6) is -0.355. The third-order valence-corrected chi connectivity index (χ3v) is 1.88. The number of nitro groups is 1. The monoisotopic (exact) mass is 194 g/mol. The van der Waals surface area contributed by atoms with Crippen LogP contribution in [-0.4, -0.2) is 10.7 Å². The molecule has 0 spiro atoms. The van der Waals surface area contributed by atoms with E-state index in [-0.39, 0.29) is 17.0 Å². The molecule has 0 heterocycles. The third kappa shape index (κ3) is 1.71. The van der Waals surface area contributed by atoms with Gasteiger partial charge in [0.15, 0.2) is 5.78 Å². The molecule has 5 nitrogen and oxygen atoms in total. The van der Waals surface area contributed by atoms with Gasteiger partial charge in [0.25, 0.3) is 5.69 Å². The Morgan fingerprint density at radius 1 is 1.50 bits per heavy atom. The van der Waals surface area contributed by atoms with E-state index in [0.717, 1.165) is 0 Å². The van der Waals surface area contributed by atoms with Crippen LogP contribution in [0.15, 0.2) is 12.1 Å². The molecule has 14 heavy (non-hydrogen) atoms. The summed E-state index contributed by atoms with van der Waals surface area (Å²) in [5.41, 5.74) is 6.16. The van der Waals surface area contributed by atoms with Crippen LogP contribution in [0.25, 0.3) is 0 Å². The number of benzene rings is 1. The maximum absolute atomic E-state index is 11.1. The fraction of sp³-hybridized carbons (Fsp3) is 0.222. The molecular formula is C9H10N2O3. The summed E-state index contributed by atoms with van der Waals surface area (Å²) in [6.45, 7) is 2.84. The maximum atomic E-state index is 11.1. The first-order valence-corrected chi connectivity index (χ1v) is 3.99. The van der Waals surface area contributed by atoms with Gasteiger partial charge >= 0.3 is 0 Å². The van der Waals surface area contributed by atoms with Gasteiger partial charge in [-0.05, 0) is 26.0 Å². The second kappa shape index (κ2) is 3.45. The lowest BCUT2D eigenvalue weighted by atomic mass is 10.0. The number of hydrogen-bond donors (Lipinski definition) is 1. The fourth-order valence-corrected chi connectivity index (χ4v) is 1.32. The average Bonchev–Trinajstić information content (AvgIpc) is 2.01. The predicted octanol–water partition coefficient (Wildman–Crippen LogP) is 1.69. The molecule has 0 radical (unpaired) electrons. The van der Waals surface area contributed by atoms with Crippen LogP contribution in [0.1, 0.15) is 22.8 Å². The zero-order valence-electron chi connectivity index (χ0n) is 7.90. The first-order chi connectivity index (χ1) is 6.43. The summed E-state index contributed by atoms with van der Waals surface area (Å²) in [4.78, 5) is 21.2. The summed E-state index contributed by atoms with van der Waals surface area (Å²) in [6, 6.07) is 2.80. The molecule has 1 aromatic rings. The van der Waals surface area contributed by atoms with Crippen LogP contribution in [0.2, 0.25) is 0 Å². The van der Waals surface area contributed by atoms with Crippen LogP contribution in [0.5, 0.6) is 0 Å². The molecule has 0 aliphatic rings. The van der Waals surface area contributed by atoms with Gasteiger partial charge in [-0.25, -0.2) is 0 Å². The van der Waals surface area contributed by atoms with E-state index in [1.54, 1.807) is 6.92 Å². The Hall–Kier alpha value is -1.91. The van der Waals surface area contributed by atoms with Gasteiger partial charge in [-0.3, -0.25) is 14.9 Å². The normalized spacial score (nSPS) is 9.86. The Balaban J connectivity index is 3.52. The van der Waals surface area contributed by atoms with Crippen LogP contribution >= 0.6 is 0 Å². The molecule has 1 aromatic carbocycles. The number of carbonyl (C=O) groups is 1. The van der Waals surface area contributed by atoms with Gasteiger partial charge in [0.2, 0.25) is 0 Å². The van der Waals surface area contributed by atoms with Crippen LogP contribution in [0.3, 0.4) is 0 Å².